The highest BCUT2D eigenvalue weighted by Crippen LogP contribution is 2.67. The van der Waals surface area contributed by atoms with Crippen molar-refractivity contribution < 1.29 is 22.8 Å². The van der Waals surface area contributed by atoms with Crippen LogP contribution in [0.15, 0.2) is 35.4 Å². The normalized spacial score (nSPS) is 36.9. The van der Waals surface area contributed by atoms with Crippen LogP contribution in [-0.2, 0) is 15.8 Å². The summed E-state index contributed by atoms with van der Waals surface area (Å²) in [6.45, 7) is 6.88. The molecule has 6 heteroatoms. The van der Waals surface area contributed by atoms with Gasteiger partial charge in [-0.25, -0.2) is 0 Å². The standard InChI is InChI=1S/C29H36F3NO2/c1-4-17-15-21-22-9-10-24(26(35)33-19-7-5-18(6-8-19)29(30,31)32)27(22,2)14-12-23(21)28(3)13-11-20(34)16-25(17)28/h5-8,21-24H,4,9-16H2,1-3H3,(H,33,35)/t21?,22?,23?,24-,27+,28-/m1/s1. The van der Waals surface area contributed by atoms with Crippen molar-refractivity contribution in [2.45, 2.75) is 84.7 Å². The summed E-state index contributed by atoms with van der Waals surface area (Å²) >= 11 is 0. The molecule has 3 fully saturated rings. The molecule has 0 aliphatic heterocycles. The number of nitrogens with one attached hydrogen (secondary N) is 1. The second-order valence-corrected chi connectivity index (χ2v) is 11.9. The van der Waals surface area contributed by atoms with Gasteiger partial charge < -0.3 is 5.32 Å². The van der Waals surface area contributed by atoms with E-state index >= 15 is 0 Å². The minimum absolute atomic E-state index is 0.0644. The summed E-state index contributed by atoms with van der Waals surface area (Å²) in [4.78, 5) is 25.7. The van der Waals surface area contributed by atoms with Crippen LogP contribution >= 0.6 is 0 Å². The van der Waals surface area contributed by atoms with Crippen LogP contribution in [-0.4, -0.2) is 11.7 Å². The highest BCUT2D eigenvalue weighted by molar-refractivity contribution is 5.93. The van der Waals surface area contributed by atoms with Gasteiger partial charge in [-0.05, 0) is 97.8 Å². The van der Waals surface area contributed by atoms with E-state index in [1.807, 2.05) is 0 Å². The van der Waals surface area contributed by atoms with Crippen molar-refractivity contribution in [1.29, 1.82) is 0 Å². The fourth-order valence-corrected chi connectivity index (χ4v) is 8.51. The lowest BCUT2D eigenvalue weighted by Crippen LogP contribution is -2.52. The summed E-state index contributed by atoms with van der Waals surface area (Å²) in [6.07, 6.45) is 3.82. The van der Waals surface area contributed by atoms with Gasteiger partial charge in [0.25, 0.3) is 0 Å². The summed E-state index contributed by atoms with van der Waals surface area (Å²) < 4.78 is 38.7. The average molecular weight is 488 g/mol. The van der Waals surface area contributed by atoms with Crippen molar-refractivity contribution in [3.63, 3.8) is 0 Å². The zero-order valence-corrected chi connectivity index (χ0v) is 20.9. The largest absolute Gasteiger partial charge is 0.416 e. The highest BCUT2D eigenvalue weighted by atomic mass is 19.4. The minimum atomic E-state index is -4.39. The van der Waals surface area contributed by atoms with Gasteiger partial charge in [0, 0.05) is 24.4 Å². The fourth-order valence-electron chi connectivity index (χ4n) is 8.51. The Labute approximate surface area is 205 Å². The van der Waals surface area contributed by atoms with E-state index < -0.39 is 11.7 Å². The number of Topliss-reactive ketones (excluding diaryl/α,β-unsaturated/α-hetero) is 1. The Hall–Kier alpha value is -2.11. The molecular formula is C29H36F3NO2. The fraction of sp³-hybridized carbons (Fsp3) is 0.655. The number of hydrogen-bond donors (Lipinski definition) is 1. The van der Waals surface area contributed by atoms with Crippen LogP contribution in [0.1, 0.15) is 84.1 Å². The number of carbonyl (C=O) groups excluding carboxylic acids is 2. The van der Waals surface area contributed by atoms with Gasteiger partial charge in [0.2, 0.25) is 5.91 Å². The number of ketones is 1. The zero-order valence-electron chi connectivity index (χ0n) is 20.9. The molecule has 1 amide bonds. The summed E-state index contributed by atoms with van der Waals surface area (Å²) in [5, 5.41) is 2.92. The Morgan fingerprint density at radius 2 is 1.77 bits per heavy atom. The third-order valence-electron chi connectivity index (χ3n) is 10.4. The second-order valence-electron chi connectivity index (χ2n) is 11.9. The van der Waals surface area contributed by atoms with Gasteiger partial charge in [-0.15, -0.1) is 0 Å². The minimum Gasteiger partial charge on any atom is -0.326 e. The predicted molar refractivity (Wildman–Crippen MR) is 130 cm³/mol. The van der Waals surface area contributed by atoms with Crippen molar-refractivity contribution >= 4 is 17.4 Å². The highest BCUT2D eigenvalue weighted by Gasteiger charge is 2.60. The maximum atomic E-state index is 13.4. The lowest BCUT2D eigenvalue weighted by atomic mass is 9.46. The first-order valence-electron chi connectivity index (χ1n) is 13.2. The molecule has 0 heterocycles. The molecule has 1 aromatic carbocycles. The first-order valence-corrected chi connectivity index (χ1v) is 13.2. The molecule has 1 aromatic rings. The molecule has 4 aliphatic carbocycles. The van der Waals surface area contributed by atoms with Crippen molar-refractivity contribution in [3.8, 4) is 0 Å². The molecule has 0 bridgehead atoms. The molecular weight excluding hydrogens is 451 g/mol. The molecule has 0 radical (unpaired) electrons. The monoisotopic (exact) mass is 487 g/mol. The van der Waals surface area contributed by atoms with E-state index in [-0.39, 0.29) is 22.7 Å². The molecule has 0 aromatic heterocycles. The van der Waals surface area contributed by atoms with Gasteiger partial charge in [-0.2, -0.15) is 13.2 Å². The van der Waals surface area contributed by atoms with Gasteiger partial charge in [-0.1, -0.05) is 31.9 Å². The number of benzene rings is 1. The molecule has 0 spiro atoms. The number of fused-ring (bicyclic) bond motifs is 5. The van der Waals surface area contributed by atoms with Crippen molar-refractivity contribution in [1.82, 2.24) is 0 Å². The zero-order chi connectivity index (χ0) is 25.2. The SMILES string of the molecule is CCC1=C2CC(=O)CC[C@]2(C)C2CC[C@@]3(C)C(CC[C@@H]3C(=O)Nc3ccc(C(F)(F)F)cc3)C2C1. The Balaban J connectivity index is 1.37. The van der Waals surface area contributed by atoms with Gasteiger partial charge >= 0.3 is 6.18 Å². The Kier molecular flexibility index (Phi) is 5.96. The van der Waals surface area contributed by atoms with E-state index in [4.69, 9.17) is 0 Å². The van der Waals surface area contributed by atoms with Gasteiger partial charge in [-0.3, -0.25) is 9.59 Å². The third kappa shape index (κ3) is 3.95. The number of rotatable bonds is 3. The summed E-state index contributed by atoms with van der Waals surface area (Å²) in [7, 11) is 0. The van der Waals surface area contributed by atoms with Gasteiger partial charge in [0.05, 0.1) is 5.56 Å². The van der Waals surface area contributed by atoms with Gasteiger partial charge in [0.1, 0.15) is 5.78 Å². The average Bonchev–Trinajstić information content (AvgIpc) is 3.16. The van der Waals surface area contributed by atoms with Crippen LogP contribution in [0.25, 0.3) is 0 Å². The molecule has 1 N–H and O–H groups in total. The third-order valence-corrected chi connectivity index (χ3v) is 10.4. The summed E-state index contributed by atoms with van der Waals surface area (Å²) in [6, 6.07) is 4.73. The van der Waals surface area contributed by atoms with E-state index in [0.717, 1.165) is 57.1 Å². The number of hydrogen-bond acceptors (Lipinski definition) is 2. The van der Waals surface area contributed by atoms with Crippen LogP contribution in [0.3, 0.4) is 0 Å². The Morgan fingerprint density at radius 3 is 2.43 bits per heavy atom. The van der Waals surface area contributed by atoms with E-state index in [1.54, 1.807) is 0 Å². The maximum Gasteiger partial charge on any atom is 0.416 e. The Morgan fingerprint density at radius 1 is 1.06 bits per heavy atom. The molecule has 3 nitrogen and oxygen atoms in total. The lowest BCUT2D eigenvalue weighted by molar-refractivity contribution is -0.137. The molecule has 3 unspecified atom stereocenters. The van der Waals surface area contributed by atoms with Gasteiger partial charge in [0.15, 0.2) is 0 Å². The second kappa shape index (κ2) is 8.48. The molecule has 0 saturated heterocycles. The molecule has 4 aliphatic rings. The predicted octanol–water partition coefficient (Wildman–Crippen LogP) is 7.57. The number of halogens is 3. The topological polar surface area (TPSA) is 46.2 Å². The van der Waals surface area contributed by atoms with Crippen LogP contribution in [0.5, 0.6) is 0 Å². The summed E-state index contributed by atoms with van der Waals surface area (Å²) in [5.41, 5.74) is 2.61. The molecule has 6 atom stereocenters. The Bertz CT molecular complexity index is 1060. The van der Waals surface area contributed by atoms with E-state index in [2.05, 4.69) is 26.1 Å². The molecule has 5 rings (SSSR count). The first-order chi connectivity index (χ1) is 16.5. The van der Waals surface area contributed by atoms with Crippen LogP contribution in [0.2, 0.25) is 0 Å². The molecule has 3 saturated carbocycles. The smallest absolute Gasteiger partial charge is 0.326 e. The number of allylic oxidation sites excluding steroid dienone is 2. The number of amides is 1. The van der Waals surface area contributed by atoms with Crippen molar-refractivity contribution in [3.05, 3.63) is 41.0 Å². The summed E-state index contributed by atoms with van der Waals surface area (Å²) in [5.74, 6) is 1.74. The molecule has 35 heavy (non-hydrogen) atoms. The van der Waals surface area contributed by atoms with Crippen LogP contribution in [0.4, 0.5) is 18.9 Å². The number of carbonyl (C=O) groups is 2. The number of alkyl halides is 3. The van der Waals surface area contributed by atoms with Crippen molar-refractivity contribution in [2.75, 3.05) is 5.32 Å². The van der Waals surface area contributed by atoms with Crippen LogP contribution < -0.4 is 5.32 Å². The van der Waals surface area contributed by atoms with E-state index in [0.29, 0.717) is 42.1 Å². The van der Waals surface area contributed by atoms with E-state index in [1.165, 1.54) is 23.3 Å². The van der Waals surface area contributed by atoms with E-state index in [9.17, 15) is 22.8 Å². The number of anilines is 1. The van der Waals surface area contributed by atoms with Crippen molar-refractivity contribution in [2.24, 2.45) is 34.5 Å². The van der Waals surface area contributed by atoms with Crippen LogP contribution in [0, 0.1) is 34.5 Å². The lowest BCUT2D eigenvalue weighted by Gasteiger charge is -2.58. The first kappa shape index (κ1) is 24.6. The quantitative estimate of drug-likeness (QED) is 0.447. The maximum absolute atomic E-state index is 13.4. The molecule has 190 valence electrons.